The van der Waals surface area contributed by atoms with Gasteiger partial charge in [-0.05, 0) is 53.5 Å². The Bertz CT molecular complexity index is 600. The molecule has 1 saturated heterocycles. The topological polar surface area (TPSA) is 70.1 Å². The van der Waals surface area contributed by atoms with E-state index in [2.05, 4.69) is 15.9 Å². The summed E-state index contributed by atoms with van der Waals surface area (Å²) in [6, 6.07) is 5.53. The van der Waals surface area contributed by atoms with Gasteiger partial charge in [0.1, 0.15) is 5.75 Å². The number of hydrogen-bond acceptors (Lipinski definition) is 4. The average molecular weight is 399 g/mol. The van der Waals surface area contributed by atoms with Gasteiger partial charge in [-0.25, -0.2) is 0 Å². The molecule has 0 bridgehead atoms. The molecule has 0 saturated carbocycles. The number of carboxylic acids is 1. The fourth-order valence-electron chi connectivity index (χ4n) is 3.09. The first kappa shape index (κ1) is 18.7. The Hall–Kier alpha value is -1.60. The minimum Gasteiger partial charge on any atom is -0.496 e. The highest BCUT2D eigenvalue weighted by atomic mass is 79.9. The lowest BCUT2D eigenvalue weighted by Gasteiger charge is -2.37. The van der Waals surface area contributed by atoms with Gasteiger partial charge in [0, 0.05) is 24.7 Å². The summed E-state index contributed by atoms with van der Waals surface area (Å²) in [6.45, 7) is 4.01. The molecular weight excluding hydrogens is 376 g/mol. The number of ether oxygens (including phenoxy) is 1. The van der Waals surface area contributed by atoms with Crippen molar-refractivity contribution in [2.45, 2.75) is 25.8 Å². The van der Waals surface area contributed by atoms with Gasteiger partial charge in [0.15, 0.2) is 0 Å². The zero-order chi connectivity index (χ0) is 17.7. The van der Waals surface area contributed by atoms with Crippen LogP contribution in [0.3, 0.4) is 0 Å². The molecule has 1 aromatic rings. The lowest BCUT2D eigenvalue weighted by atomic mass is 10.0. The molecule has 1 fully saturated rings. The third-order valence-corrected chi connectivity index (χ3v) is 5.03. The number of carboxylic acid groups (broad SMARTS) is 1. The molecule has 7 heteroatoms. The van der Waals surface area contributed by atoms with Crippen molar-refractivity contribution in [2.75, 3.05) is 33.3 Å². The molecule has 6 nitrogen and oxygen atoms in total. The summed E-state index contributed by atoms with van der Waals surface area (Å²) in [6.07, 6.45) is 1.59. The van der Waals surface area contributed by atoms with E-state index >= 15 is 0 Å². The SMILES string of the molecule is CCN(CC(=O)O)C1CCN(C(=O)c2ccc(OC)c(Br)c2)CC1. The quantitative estimate of drug-likeness (QED) is 0.796. The minimum atomic E-state index is -0.807. The maximum Gasteiger partial charge on any atom is 0.317 e. The second kappa shape index (κ2) is 8.48. The van der Waals surface area contributed by atoms with Crippen molar-refractivity contribution in [3.05, 3.63) is 28.2 Å². The van der Waals surface area contributed by atoms with Crippen molar-refractivity contribution < 1.29 is 19.4 Å². The van der Waals surface area contributed by atoms with E-state index in [-0.39, 0.29) is 18.5 Å². The maximum absolute atomic E-state index is 12.6. The Kier molecular flexibility index (Phi) is 6.62. The number of piperidine rings is 1. The first-order valence-electron chi connectivity index (χ1n) is 8.05. The summed E-state index contributed by atoms with van der Waals surface area (Å²) in [4.78, 5) is 27.4. The molecule has 132 valence electrons. The molecule has 2 rings (SSSR count). The third-order valence-electron chi connectivity index (χ3n) is 4.41. The highest BCUT2D eigenvalue weighted by Crippen LogP contribution is 2.27. The number of benzene rings is 1. The number of aliphatic carboxylic acids is 1. The van der Waals surface area contributed by atoms with Gasteiger partial charge in [-0.2, -0.15) is 0 Å². The van der Waals surface area contributed by atoms with Crippen LogP contribution in [0.2, 0.25) is 0 Å². The van der Waals surface area contributed by atoms with Crippen molar-refractivity contribution in [2.24, 2.45) is 0 Å². The third kappa shape index (κ3) is 4.48. The largest absolute Gasteiger partial charge is 0.496 e. The number of likely N-dealkylation sites (N-methyl/N-ethyl adjacent to an activating group) is 1. The van der Waals surface area contributed by atoms with E-state index in [1.54, 1.807) is 25.3 Å². The second-order valence-electron chi connectivity index (χ2n) is 5.83. The summed E-state index contributed by atoms with van der Waals surface area (Å²) in [5.74, 6) is -0.117. The zero-order valence-corrected chi connectivity index (χ0v) is 15.6. The van der Waals surface area contributed by atoms with E-state index in [1.165, 1.54) is 0 Å². The molecule has 0 unspecified atom stereocenters. The Morgan fingerprint density at radius 3 is 2.54 bits per heavy atom. The highest BCUT2D eigenvalue weighted by molar-refractivity contribution is 9.10. The maximum atomic E-state index is 12.6. The number of rotatable bonds is 6. The predicted molar refractivity (Wildman–Crippen MR) is 94.5 cm³/mol. The second-order valence-corrected chi connectivity index (χ2v) is 6.68. The lowest BCUT2D eigenvalue weighted by Crippen LogP contribution is -2.48. The summed E-state index contributed by atoms with van der Waals surface area (Å²) in [5.41, 5.74) is 0.624. The molecule has 1 aliphatic rings. The summed E-state index contributed by atoms with van der Waals surface area (Å²) in [7, 11) is 1.59. The normalized spacial score (nSPS) is 15.6. The Morgan fingerprint density at radius 2 is 2.04 bits per heavy atom. The first-order chi connectivity index (χ1) is 11.5. The number of halogens is 1. The zero-order valence-electron chi connectivity index (χ0n) is 14.0. The van der Waals surface area contributed by atoms with Crippen LogP contribution < -0.4 is 4.74 Å². The van der Waals surface area contributed by atoms with Gasteiger partial charge in [0.2, 0.25) is 0 Å². The van der Waals surface area contributed by atoms with Crippen LogP contribution in [0.5, 0.6) is 5.75 Å². The van der Waals surface area contributed by atoms with Crippen LogP contribution in [0, 0.1) is 0 Å². The molecule has 1 N–H and O–H groups in total. The minimum absolute atomic E-state index is 0.00177. The molecule has 1 aliphatic heterocycles. The number of nitrogens with zero attached hydrogens (tertiary/aromatic N) is 2. The van der Waals surface area contributed by atoms with E-state index in [0.29, 0.717) is 30.9 Å². The molecule has 0 aromatic heterocycles. The molecule has 0 spiro atoms. The Labute approximate surface area is 150 Å². The predicted octanol–water partition coefficient (Wildman–Crippen LogP) is 2.47. The van der Waals surface area contributed by atoms with Crippen molar-refractivity contribution >= 4 is 27.8 Å². The van der Waals surface area contributed by atoms with Gasteiger partial charge in [-0.15, -0.1) is 0 Å². The first-order valence-corrected chi connectivity index (χ1v) is 8.84. The standard InChI is InChI=1S/C17H23BrN2O4/c1-3-19(11-16(21)22)13-6-8-20(9-7-13)17(23)12-4-5-15(24-2)14(18)10-12/h4-5,10,13H,3,6-9,11H2,1-2H3,(H,21,22). The number of methoxy groups -OCH3 is 1. The van der Waals surface area contributed by atoms with Crippen LogP contribution in [0.4, 0.5) is 0 Å². The Morgan fingerprint density at radius 1 is 1.38 bits per heavy atom. The average Bonchev–Trinajstić information content (AvgIpc) is 2.59. The van der Waals surface area contributed by atoms with Gasteiger partial charge in [0.25, 0.3) is 5.91 Å². The number of carbonyl (C=O) groups excluding carboxylic acids is 1. The van der Waals surface area contributed by atoms with Crippen molar-refractivity contribution in [3.8, 4) is 5.75 Å². The fraction of sp³-hybridized carbons (Fsp3) is 0.529. The van der Waals surface area contributed by atoms with Crippen LogP contribution in [0.15, 0.2) is 22.7 Å². The number of likely N-dealkylation sites (tertiary alicyclic amines) is 1. The van der Waals surface area contributed by atoms with Crippen LogP contribution >= 0.6 is 15.9 Å². The van der Waals surface area contributed by atoms with Crippen LogP contribution in [-0.2, 0) is 4.79 Å². The van der Waals surface area contributed by atoms with Gasteiger partial charge in [-0.3, -0.25) is 14.5 Å². The number of amides is 1. The highest BCUT2D eigenvalue weighted by Gasteiger charge is 2.27. The monoisotopic (exact) mass is 398 g/mol. The molecular formula is C17H23BrN2O4. The molecule has 1 heterocycles. The van der Waals surface area contributed by atoms with Crippen LogP contribution in [0.25, 0.3) is 0 Å². The van der Waals surface area contributed by atoms with Gasteiger partial charge < -0.3 is 14.7 Å². The van der Waals surface area contributed by atoms with Crippen molar-refractivity contribution in [1.82, 2.24) is 9.80 Å². The summed E-state index contributed by atoms with van der Waals surface area (Å²) < 4.78 is 5.94. The smallest absolute Gasteiger partial charge is 0.317 e. The van der Waals surface area contributed by atoms with Gasteiger partial charge in [0.05, 0.1) is 18.1 Å². The van der Waals surface area contributed by atoms with Gasteiger partial charge in [-0.1, -0.05) is 6.92 Å². The molecule has 0 radical (unpaired) electrons. The lowest BCUT2D eigenvalue weighted by molar-refractivity contribution is -0.139. The molecule has 24 heavy (non-hydrogen) atoms. The number of hydrogen-bond donors (Lipinski definition) is 1. The summed E-state index contributed by atoms with van der Waals surface area (Å²) >= 11 is 3.40. The fourth-order valence-corrected chi connectivity index (χ4v) is 3.63. The molecule has 0 atom stereocenters. The van der Waals surface area contributed by atoms with E-state index < -0.39 is 5.97 Å². The van der Waals surface area contributed by atoms with Crippen LogP contribution in [-0.4, -0.2) is 66.1 Å². The van der Waals surface area contributed by atoms with E-state index in [9.17, 15) is 9.59 Å². The van der Waals surface area contributed by atoms with E-state index in [1.807, 2.05) is 16.7 Å². The molecule has 1 aromatic carbocycles. The van der Waals surface area contributed by atoms with Gasteiger partial charge >= 0.3 is 5.97 Å². The molecule has 1 amide bonds. The van der Waals surface area contributed by atoms with E-state index in [4.69, 9.17) is 9.84 Å². The number of carbonyl (C=O) groups is 2. The van der Waals surface area contributed by atoms with Crippen LogP contribution in [0.1, 0.15) is 30.1 Å². The molecule has 0 aliphatic carbocycles. The van der Waals surface area contributed by atoms with E-state index in [0.717, 1.165) is 17.3 Å². The summed E-state index contributed by atoms with van der Waals surface area (Å²) in [5, 5.41) is 8.98. The van der Waals surface area contributed by atoms with Crippen molar-refractivity contribution in [1.29, 1.82) is 0 Å². The van der Waals surface area contributed by atoms with Crippen molar-refractivity contribution in [3.63, 3.8) is 0 Å². The Balaban J connectivity index is 1.97.